The minimum atomic E-state index is -0.324. The van der Waals surface area contributed by atoms with Crippen molar-refractivity contribution in [2.24, 2.45) is 0 Å². The first-order chi connectivity index (χ1) is 11.6. The van der Waals surface area contributed by atoms with Crippen LogP contribution in [0.1, 0.15) is 23.6 Å². The predicted octanol–water partition coefficient (Wildman–Crippen LogP) is 4.78. The smallest absolute Gasteiger partial charge is 0.336 e. The summed E-state index contributed by atoms with van der Waals surface area (Å²) in [5, 5.41) is 1.58. The molecule has 0 aliphatic rings. The summed E-state index contributed by atoms with van der Waals surface area (Å²) in [4.78, 5) is 14.2. The zero-order chi connectivity index (χ0) is 17.1. The van der Waals surface area contributed by atoms with E-state index in [0.29, 0.717) is 17.2 Å². The second-order valence-electron chi connectivity index (χ2n) is 5.98. The van der Waals surface area contributed by atoms with Gasteiger partial charge in [0.25, 0.3) is 0 Å². The largest absolute Gasteiger partial charge is 0.423 e. The van der Waals surface area contributed by atoms with E-state index < -0.39 is 0 Å². The molecular formula is C20H20ClNO2. The third-order valence-electron chi connectivity index (χ3n) is 4.20. The second kappa shape index (κ2) is 7.20. The standard InChI is InChI=1S/C20H20ClNO2/c1-3-22(12-15-7-5-4-6-8-15)13-16-10-20(23)24-19-9-14(2)18(21)11-17(16)19/h4-11H,3,12-13H2,1-2H3. The quantitative estimate of drug-likeness (QED) is 0.626. The molecule has 3 aromatic rings. The van der Waals surface area contributed by atoms with Gasteiger partial charge in [-0.3, -0.25) is 4.90 Å². The molecule has 24 heavy (non-hydrogen) atoms. The lowest BCUT2D eigenvalue weighted by Crippen LogP contribution is -2.23. The molecule has 4 heteroatoms. The van der Waals surface area contributed by atoms with Crippen molar-refractivity contribution in [3.05, 3.63) is 80.7 Å². The molecule has 0 atom stereocenters. The van der Waals surface area contributed by atoms with Crippen LogP contribution in [0.2, 0.25) is 5.02 Å². The summed E-state index contributed by atoms with van der Waals surface area (Å²) in [6, 6.07) is 15.6. The fraction of sp³-hybridized carbons (Fsp3) is 0.250. The van der Waals surface area contributed by atoms with Crippen LogP contribution in [-0.2, 0) is 13.1 Å². The van der Waals surface area contributed by atoms with Gasteiger partial charge in [-0.05, 0) is 42.3 Å². The molecule has 3 nitrogen and oxygen atoms in total. The first-order valence-electron chi connectivity index (χ1n) is 8.06. The lowest BCUT2D eigenvalue weighted by Gasteiger charge is -2.21. The highest BCUT2D eigenvalue weighted by Gasteiger charge is 2.12. The number of rotatable bonds is 5. The zero-order valence-corrected chi connectivity index (χ0v) is 14.6. The van der Waals surface area contributed by atoms with Crippen molar-refractivity contribution in [2.45, 2.75) is 26.9 Å². The Labute approximate surface area is 146 Å². The highest BCUT2D eigenvalue weighted by atomic mass is 35.5. The minimum Gasteiger partial charge on any atom is -0.423 e. The summed E-state index contributed by atoms with van der Waals surface area (Å²) in [7, 11) is 0. The van der Waals surface area contributed by atoms with Crippen LogP contribution in [0.3, 0.4) is 0 Å². The van der Waals surface area contributed by atoms with E-state index in [1.54, 1.807) is 6.07 Å². The predicted molar refractivity (Wildman–Crippen MR) is 98.5 cm³/mol. The van der Waals surface area contributed by atoms with Crippen molar-refractivity contribution >= 4 is 22.6 Å². The van der Waals surface area contributed by atoms with Gasteiger partial charge in [0.1, 0.15) is 5.58 Å². The number of nitrogens with zero attached hydrogens (tertiary/aromatic N) is 1. The van der Waals surface area contributed by atoms with Crippen LogP contribution >= 0.6 is 11.6 Å². The van der Waals surface area contributed by atoms with Gasteiger partial charge in [0.2, 0.25) is 0 Å². The van der Waals surface area contributed by atoms with E-state index >= 15 is 0 Å². The van der Waals surface area contributed by atoms with Gasteiger partial charge in [0.15, 0.2) is 0 Å². The molecule has 0 bridgehead atoms. The van der Waals surface area contributed by atoms with Gasteiger partial charge in [-0.1, -0.05) is 48.9 Å². The Morgan fingerprint density at radius 3 is 2.54 bits per heavy atom. The van der Waals surface area contributed by atoms with E-state index in [0.717, 1.165) is 29.6 Å². The summed E-state index contributed by atoms with van der Waals surface area (Å²) in [6.45, 7) is 6.41. The fourth-order valence-electron chi connectivity index (χ4n) is 2.84. The Morgan fingerprint density at radius 2 is 1.83 bits per heavy atom. The number of benzene rings is 2. The molecule has 0 aliphatic heterocycles. The van der Waals surface area contributed by atoms with Crippen molar-refractivity contribution in [2.75, 3.05) is 6.54 Å². The maximum absolute atomic E-state index is 11.9. The lowest BCUT2D eigenvalue weighted by atomic mass is 10.1. The van der Waals surface area contributed by atoms with E-state index in [9.17, 15) is 4.79 Å². The normalized spacial score (nSPS) is 11.3. The maximum Gasteiger partial charge on any atom is 0.336 e. The molecule has 1 aromatic heterocycles. The highest BCUT2D eigenvalue weighted by Crippen LogP contribution is 2.26. The Bertz CT molecular complexity index is 903. The van der Waals surface area contributed by atoms with E-state index in [2.05, 4.69) is 24.0 Å². The monoisotopic (exact) mass is 341 g/mol. The molecule has 0 N–H and O–H groups in total. The van der Waals surface area contributed by atoms with Gasteiger partial charge >= 0.3 is 5.63 Å². The molecule has 2 aromatic carbocycles. The van der Waals surface area contributed by atoms with Crippen LogP contribution in [0.25, 0.3) is 11.0 Å². The molecule has 0 amide bonds. The van der Waals surface area contributed by atoms with Crippen molar-refractivity contribution < 1.29 is 4.42 Å². The van der Waals surface area contributed by atoms with Gasteiger partial charge in [0.05, 0.1) is 0 Å². The molecule has 124 valence electrons. The molecule has 0 unspecified atom stereocenters. The summed E-state index contributed by atoms with van der Waals surface area (Å²) >= 11 is 6.27. The SMILES string of the molecule is CCN(Cc1ccccc1)Cc1cc(=O)oc2cc(C)c(Cl)cc12. The Kier molecular flexibility index (Phi) is 5.03. The Balaban J connectivity index is 1.96. The van der Waals surface area contributed by atoms with Crippen molar-refractivity contribution in [3.63, 3.8) is 0 Å². The van der Waals surface area contributed by atoms with Gasteiger partial charge in [-0.25, -0.2) is 4.79 Å². The van der Waals surface area contributed by atoms with E-state index in [1.165, 1.54) is 5.56 Å². The van der Waals surface area contributed by atoms with E-state index in [1.807, 2.05) is 37.3 Å². The topological polar surface area (TPSA) is 33.5 Å². The molecule has 0 fully saturated rings. The number of hydrogen-bond acceptors (Lipinski definition) is 3. The van der Waals surface area contributed by atoms with Crippen LogP contribution in [0, 0.1) is 6.92 Å². The summed E-state index contributed by atoms with van der Waals surface area (Å²) in [5.41, 5.74) is 3.37. The third-order valence-corrected chi connectivity index (χ3v) is 4.61. The summed E-state index contributed by atoms with van der Waals surface area (Å²) < 4.78 is 5.34. The molecule has 0 aliphatic carbocycles. The van der Waals surface area contributed by atoms with Gasteiger partial charge in [0, 0.05) is 29.6 Å². The first-order valence-corrected chi connectivity index (χ1v) is 8.43. The van der Waals surface area contributed by atoms with Gasteiger partial charge in [-0.2, -0.15) is 0 Å². The molecular weight excluding hydrogens is 322 g/mol. The van der Waals surface area contributed by atoms with Gasteiger partial charge < -0.3 is 4.42 Å². The molecule has 0 saturated carbocycles. The number of aryl methyl sites for hydroxylation is 1. The van der Waals surface area contributed by atoms with E-state index in [-0.39, 0.29) is 5.63 Å². The zero-order valence-electron chi connectivity index (χ0n) is 13.9. The number of fused-ring (bicyclic) bond motifs is 1. The maximum atomic E-state index is 11.9. The van der Waals surface area contributed by atoms with Crippen LogP contribution in [0.4, 0.5) is 0 Å². The third kappa shape index (κ3) is 3.69. The summed E-state index contributed by atoms with van der Waals surface area (Å²) in [6.07, 6.45) is 0. The average Bonchev–Trinajstić information content (AvgIpc) is 2.57. The number of hydrogen-bond donors (Lipinski definition) is 0. The molecule has 0 radical (unpaired) electrons. The molecule has 3 rings (SSSR count). The Morgan fingerprint density at radius 1 is 1.08 bits per heavy atom. The van der Waals surface area contributed by atoms with Crippen LogP contribution in [0.15, 0.2) is 57.7 Å². The first kappa shape index (κ1) is 16.7. The Hall–Kier alpha value is -2.10. The van der Waals surface area contributed by atoms with E-state index in [4.69, 9.17) is 16.0 Å². The number of halogens is 1. The minimum absolute atomic E-state index is 0.324. The lowest BCUT2D eigenvalue weighted by molar-refractivity contribution is 0.272. The second-order valence-corrected chi connectivity index (χ2v) is 6.38. The molecule has 0 spiro atoms. The van der Waals surface area contributed by atoms with Crippen LogP contribution in [0.5, 0.6) is 0 Å². The van der Waals surface area contributed by atoms with Crippen LogP contribution in [-0.4, -0.2) is 11.4 Å². The van der Waals surface area contributed by atoms with Crippen LogP contribution < -0.4 is 5.63 Å². The van der Waals surface area contributed by atoms with Crippen molar-refractivity contribution in [1.29, 1.82) is 0 Å². The molecule has 1 heterocycles. The highest BCUT2D eigenvalue weighted by molar-refractivity contribution is 6.32. The fourth-order valence-corrected chi connectivity index (χ4v) is 3.00. The van der Waals surface area contributed by atoms with Crippen molar-refractivity contribution in [3.8, 4) is 0 Å². The van der Waals surface area contributed by atoms with Gasteiger partial charge in [-0.15, -0.1) is 0 Å². The average molecular weight is 342 g/mol. The summed E-state index contributed by atoms with van der Waals surface area (Å²) in [5.74, 6) is 0. The molecule has 0 saturated heterocycles. The van der Waals surface area contributed by atoms with Crippen molar-refractivity contribution in [1.82, 2.24) is 4.90 Å².